The molecule has 4 aromatic carbocycles. The number of fused-ring (bicyclic) bond motifs is 1. The van der Waals surface area contributed by atoms with Crippen LogP contribution in [0.4, 0.5) is 0 Å². The van der Waals surface area contributed by atoms with E-state index in [4.69, 9.17) is 0 Å². The molecule has 0 bridgehead atoms. The maximum atomic E-state index is 12.7. The van der Waals surface area contributed by atoms with E-state index in [2.05, 4.69) is 10.5 Å². The number of amides is 1. The summed E-state index contributed by atoms with van der Waals surface area (Å²) in [6.45, 7) is 0. The van der Waals surface area contributed by atoms with Crippen LogP contribution in [0.2, 0.25) is 0 Å². The van der Waals surface area contributed by atoms with Gasteiger partial charge in [0.2, 0.25) is 0 Å². The molecule has 0 saturated heterocycles. The lowest BCUT2D eigenvalue weighted by Crippen LogP contribution is -2.19. The number of aromatic hydroxyl groups is 1. The Labute approximate surface area is 174 Å². The largest absolute Gasteiger partial charge is 0.507 e. The Morgan fingerprint density at radius 3 is 2.10 bits per heavy atom. The first-order valence-electron chi connectivity index (χ1n) is 9.59. The molecule has 0 radical (unpaired) electrons. The second-order valence-electron chi connectivity index (χ2n) is 6.76. The summed E-state index contributed by atoms with van der Waals surface area (Å²) in [5.74, 6) is -0.553. The van der Waals surface area contributed by atoms with Gasteiger partial charge in [0.15, 0.2) is 0 Å². The molecule has 0 unspecified atom stereocenters. The van der Waals surface area contributed by atoms with E-state index in [1.54, 1.807) is 12.1 Å². The maximum absolute atomic E-state index is 12.7. The van der Waals surface area contributed by atoms with E-state index in [0.29, 0.717) is 5.71 Å². The number of carbonyl (C=O) groups excluding carboxylic acids is 1. The van der Waals surface area contributed by atoms with Crippen LogP contribution in [-0.2, 0) is 0 Å². The Kier molecular flexibility index (Phi) is 5.67. The van der Waals surface area contributed by atoms with Gasteiger partial charge in [0.05, 0.1) is 11.3 Å². The molecule has 0 aromatic heterocycles. The van der Waals surface area contributed by atoms with E-state index in [1.165, 1.54) is 0 Å². The number of hydrogen-bond acceptors (Lipinski definition) is 3. The van der Waals surface area contributed by atoms with E-state index >= 15 is 0 Å². The van der Waals surface area contributed by atoms with Gasteiger partial charge < -0.3 is 5.11 Å². The van der Waals surface area contributed by atoms with Crippen molar-refractivity contribution in [3.63, 3.8) is 0 Å². The number of hydrazone groups is 1. The van der Waals surface area contributed by atoms with Crippen LogP contribution in [0.1, 0.15) is 21.5 Å². The molecule has 0 aliphatic heterocycles. The van der Waals surface area contributed by atoms with E-state index < -0.39 is 5.91 Å². The van der Waals surface area contributed by atoms with Crippen LogP contribution in [0, 0.1) is 0 Å². The SMILES string of the molecule is O=C(N/N=C(/C=C/c1ccccc1)c1ccccc1)c1cc2ccccc2cc1O. The number of hydrogen-bond donors (Lipinski definition) is 2. The minimum Gasteiger partial charge on any atom is -0.507 e. The number of nitrogens with zero attached hydrogens (tertiary/aromatic N) is 1. The van der Waals surface area contributed by atoms with Crippen molar-refractivity contribution in [2.24, 2.45) is 5.10 Å². The van der Waals surface area contributed by atoms with Gasteiger partial charge in [0, 0.05) is 5.56 Å². The summed E-state index contributed by atoms with van der Waals surface area (Å²) in [6.07, 6.45) is 3.79. The highest BCUT2D eigenvalue weighted by atomic mass is 16.3. The fraction of sp³-hybridized carbons (Fsp3) is 0. The van der Waals surface area contributed by atoms with Crippen molar-refractivity contribution in [1.82, 2.24) is 5.43 Å². The minimum absolute atomic E-state index is 0.0810. The van der Waals surface area contributed by atoms with E-state index in [9.17, 15) is 9.90 Å². The smallest absolute Gasteiger partial charge is 0.275 e. The molecule has 0 aliphatic carbocycles. The van der Waals surface area contributed by atoms with Crippen LogP contribution < -0.4 is 5.43 Å². The molecule has 4 rings (SSSR count). The summed E-state index contributed by atoms with van der Waals surface area (Å²) < 4.78 is 0. The van der Waals surface area contributed by atoms with E-state index in [-0.39, 0.29) is 11.3 Å². The van der Waals surface area contributed by atoms with Crippen LogP contribution >= 0.6 is 0 Å². The van der Waals surface area contributed by atoms with Gasteiger partial charge in [-0.05, 0) is 34.5 Å². The third kappa shape index (κ3) is 4.45. The Morgan fingerprint density at radius 2 is 1.40 bits per heavy atom. The molecule has 0 aliphatic rings. The predicted octanol–water partition coefficient (Wildman–Crippen LogP) is 5.39. The topological polar surface area (TPSA) is 61.7 Å². The summed E-state index contributed by atoms with van der Waals surface area (Å²) in [7, 11) is 0. The molecule has 0 spiro atoms. The number of carbonyl (C=O) groups is 1. The van der Waals surface area contributed by atoms with Crippen LogP contribution in [0.25, 0.3) is 16.8 Å². The van der Waals surface area contributed by atoms with Crippen molar-refractivity contribution in [3.05, 3.63) is 120 Å². The summed E-state index contributed by atoms with van der Waals surface area (Å²) in [4.78, 5) is 12.7. The maximum Gasteiger partial charge on any atom is 0.275 e. The summed E-state index contributed by atoms with van der Waals surface area (Å²) in [5.41, 5.74) is 5.26. The van der Waals surface area contributed by atoms with Crippen molar-refractivity contribution in [1.29, 1.82) is 0 Å². The summed E-state index contributed by atoms with van der Waals surface area (Å²) >= 11 is 0. The van der Waals surface area contributed by atoms with Gasteiger partial charge in [-0.2, -0.15) is 5.10 Å². The van der Waals surface area contributed by atoms with E-state index in [1.807, 2.05) is 97.1 Å². The zero-order valence-corrected chi connectivity index (χ0v) is 16.2. The Balaban J connectivity index is 1.63. The zero-order chi connectivity index (χ0) is 20.8. The van der Waals surface area contributed by atoms with Crippen LogP contribution in [0.3, 0.4) is 0 Å². The molecule has 30 heavy (non-hydrogen) atoms. The molecular weight excluding hydrogens is 372 g/mol. The normalized spacial score (nSPS) is 11.7. The average Bonchev–Trinajstić information content (AvgIpc) is 2.79. The third-order valence-corrected chi connectivity index (χ3v) is 4.69. The molecule has 146 valence electrons. The van der Waals surface area contributed by atoms with Crippen molar-refractivity contribution in [3.8, 4) is 5.75 Å². The highest BCUT2D eigenvalue weighted by Crippen LogP contribution is 2.24. The number of rotatable bonds is 5. The molecule has 1 amide bonds. The Hall–Kier alpha value is -4.18. The number of nitrogens with one attached hydrogen (secondary N) is 1. The minimum atomic E-state index is -0.472. The van der Waals surface area contributed by atoms with Gasteiger partial charge in [-0.3, -0.25) is 4.79 Å². The number of allylic oxidation sites excluding steroid dienone is 1. The molecule has 0 saturated carbocycles. The van der Waals surface area contributed by atoms with Crippen molar-refractivity contribution in [2.75, 3.05) is 0 Å². The molecule has 4 nitrogen and oxygen atoms in total. The van der Waals surface area contributed by atoms with E-state index in [0.717, 1.165) is 21.9 Å². The zero-order valence-electron chi connectivity index (χ0n) is 16.2. The Bertz CT molecular complexity index is 1230. The highest BCUT2D eigenvalue weighted by molar-refractivity contribution is 6.11. The lowest BCUT2D eigenvalue weighted by Gasteiger charge is -2.07. The first-order valence-corrected chi connectivity index (χ1v) is 9.59. The van der Waals surface area contributed by atoms with Crippen LogP contribution in [0.15, 0.2) is 108 Å². The number of phenols is 1. The van der Waals surface area contributed by atoms with Crippen LogP contribution in [-0.4, -0.2) is 16.7 Å². The molecule has 0 atom stereocenters. The number of phenolic OH excluding ortho intramolecular Hbond substituents is 1. The van der Waals surface area contributed by atoms with Crippen molar-refractivity contribution >= 4 is 28.5 Å². The summed E-state index contributed by atoms with van der Waals surface area (Å²) in [6, 6.07) is 30.3. The fourth-order valence-electron chi connectivity index (χ4n) is 3.13. The molecule has 4 aromatic rings. The van der Waals surface area contributed by atoms with Gasteiger partial charge >= 0.3 is 0 Å². The lowest BCUT2D eigenvalue weighted by molar-refractivity contribution is 0.0952. The average molecular weight is 392 g/mol. The van der Waals surface area contributed by atoms with Gasteiger partial charge in [0.25, 0.3) is 5.91 Å². The lowest BCUT2D eigenvalue weighted by atomic mass is 10.1. The second kappa shape index (κ2) is 8.88. The molecular formula is C26H20N2O2. The van der Waals surface area contributed by atoms with Crippen molar-refractivity contribution < 1.29 is 9.90 Å². The van der Waals surface area contributed by atoms with Gasteiger partial charge in [-0.25, -0.2) is 5.43 Å². The quantitative estimate of drug-likeness (QED) is 0.353. The van der Waals surface area contributed by atoms with Gasteiger partial charge in [-0.15, -0.1) is 0 Å². The highest BCUT2D eigenvalue weighted by Gasteiger charge is 2.12. The Morgan fingerprint density at radius 1 is 0.800 bits per heavy atom. The van der Waals surface area contributed by atoms with Gasteiger partial charge in [-0.1, -0.05) is 91.0 Å². The molecule has 2 N–H and O–H groups in total. The summed E-state index contributed by atoms with van der Waals surface area (Å²) in [5, 5.41) is 16.4. The number of benzene rings is 4. The first kappa shape index (κ1) is 19.2. The fourth-order valence-corrected chi connectivity index (χ4v) is 3.13. The van der Waals surface area contributed by atoms with Crippen molar-refractivity contribution in [2.45, 2.75) is 0 Å². The third-order valence-electron chi connectivity index (χ3n) is 4.69. The second-order valence-corrected chi connectivity index (χ2v) is 6.76. The standard InChI is InChI=1S/C26H20N2O2/c29-25-18-22-14-8-7-13-21(22)17-23(25)26(30)28-27-24(20-11-5-2-6-12-20)16-15-19-9-3-1-4-10-19/h1-18,29H,(H,28,30)/b16-15+,27-24-. The molecule has 0 heterocycles. The van der Waals surface area contributed by atoms with Crippen LogP contribution in [0.5, 0.6) is 5.75 Å². The monoisotopic (exact) mass is 392 g/mol. The first-order chi connectivity index (χ1) is 14.7. The molecule has 0 fully saturated rings. The molecule has 4 heteroatoms. The predicted molar refractivity (Wildman–Crippen MR) is 122 cm³/mol. The van der Waals surface area contributed by atoms with Gasteiger partial charge in [0.1, 0.15) is 5.75 Å².